The van der Waals surface area contributed by atoms with Gasteiger partial charge in [0.1, 0.15) is 23.4 Å². The Morgan fingerprint density at radius 1 is 1.17 bits per heavy atom. The Bertz CT molecular complexity index is 1170. The fourth-order valence-corrected chi connectivity index (χ4v) is 5.46. The Hall–Kier alpha value is -1.84. The molecule has 0 aliphatic heterocycles. The van der Waals surface area contributed by atoms with E-state index in [9.17, 15) is 5.26 Å². The molecule has 0 bridgehead atoms. The Kier molecular flexibility index (Phi) is 6.80. The van der Waals surface area contributed by atoms with Crippen LogP contribution < -0.4 is 4.74 Å². The molecule has 3 aromatic rings. The van der Waals surface area contributed by atoms with E-state index in [1.165, 1.54) is 16.9 Å². The third-order valence-corrected chi connectivity index (χ3v) is 7.24. The number of fused-ring (bicyclic) bond motifs is 1. The van der Waals surface area contributed by atoms with Gasteiger partial charge in [-0.3, -0.25) is 0 Å². The van der Waals surface area contributed by atoms with Crippen LogP contribution in [-0.2, 0) is 19.4 Å². The fourth-order valence-electron chi connectivity index (χ4n) is 3.43. The van der Waals surface area contributed by atoms with E-state index in [4.69, 9.17) is 27.9 Å². The molecule has 0 N–H and O–H groups in total. The summed E-state index contributed by atoms with van der Waals surface area (Å²) in [5.74, 6) is 0.688. The number of aliphatic imine (C=N–C) groups is 1. The van der Waals surface area contributed by atoms with E-state index in [1.807, 2.05) is 24.3 Å². The Morgan fingerprint density at radius 2 is 2.00 bits per heavy atom. The summed E-state index contributed by atoms with van der Waals surface area (Å²) in [5.41, 5.74) is 3.58. The highest BCUT2D eigenvalue weighted by Crippen LogP contribution is 2.39. The van der Waals surface area contributed by atoms with Gasteiger partial charge in [0.2, 0.25) is 0 Å². The van der Waals surface area contributed by atoms with Crippen molar-refractivity contribution in [3.8, 4) is 11.8 Å². The number of nitriles is 1. The molecule has 0 fully saturated rings. The Balaban J connectivity index is 1.60. The van der Waals surface area contributed by atoms with E-state index in [0.717, 1.165) is 45.4 Å². The predicted molar refractivity (Wildman–Crippen MR) is 128 cm³/mol. The van der Waals surface area contributed by atoms with Gasteiger partial charge in [0.15, 0.2) is 0 Å². The number of nitrogens with zero attached hydrogens (tertiary/aromatic N) is 2. The average Bonchev–Trinajstić information content (AvgIpc) is 3.10. The standard InChI is InChI=1S/C23H17BrCl2N2OS/c24-16-6-8-21(29-13-14-5-7-17(25)10-20(14)26)15(9-16)12-28-23-19(11-27)18-3-1-2-4-22(18)30-23/h5-10,12H,1-4,13H2/b28-12+. The van der Waals surface area contributed by atoms with E-state index < -0.39 is 0 Å². The Morgan fingerprint density at radius 3 is 2.80 bits per heavy atom. The van der Waals surface area contributed by atoms with Crippen LogP contribution in [0.3, 0.4) is 0 Å². The zero-order valence-corrected chi connectivity index (χ0v) is 19.8. The topological polar surface area (TPSA) is 45.4 Å². The summed E-state index contributed by atoms with van der Waals surface area (Å²) in [6, 6.07) is 13.5. The lowest BCUT2D eigenvalue weighted by molar-refractivity contribution is 0.306. The van der Waals surface area contributed by atoms with Crippen molar-refractivity contribution < 1.29 is 4.74 Å². The first-order valence-electron chi connectivity index (χ1n) is 9.50. The zero-order valence-electron chi connectivity index (χ0n) is 15.9. The molecule has 30 heavy (non-hydrogen) atoms. The minimum Gasteiger partial charge on any atom is -0.488 e. The van der Waals surface area contributed by atoms with Crippen molar-refractivity contribution in [1.82, 2.24) is 0 Å². The van der Waals surface area contributed by atoms with Crippen molar-refractivity contribution in [2.45, 2.75) is 32.3 Å². The maximum atomic E-state index is 9.64. The summed E-state index contributed by atoms with van der Waals surface area (Å²) in [6.07, 6.45) is 6.09. The molecule has 2 aromatic carbocycles. The van der Waals surface area contributed by atoms with Crippen molar-refractivity contribution >= 4 is 61.7 Å². The molecule has 0 atom stereocenters. The molecule has 1 heterocycles. The lowest BCUT2D eigenvalue weighted by atomic mass is 9.96. The monoisotopic (exact) mass is 518 g/mol. The number of hydrogen-bond acceptors (Lipinski definition) is 4. The summed E-state index contributed by atoms with van der Waals surface area (Å²) < 4.78 is 6.95. The van der Waals surface area contributed by atoms with Crippen LogP contribution in [0, 0.1) is 11.3 Å². The molecule has 3 nitrogen and oxygen atoms in total. The predicted octanol–water partition coefficient (Wildman–Crippen LogP) is 7.90. The number of aryl methyl sites for hydroxylation is 1. The summed E-state index contributed by atoms with van der Waals surface area (Å²) >= 11 is 17.4. The molecular formula is C23H17BrCl2N2OS. The normalized spacial score (nSPS) is 13.3. The van der Waals surface area contributed by atoms with Gasteiger partial charge < -0.3 is 4.74 Å². The minimum absolute atomic E-state index is 0.315. The number of hydrogen-bond donors (Lipinski definition) is 0. The number of rotatable bonds is 5. The lowest BCUT2D eigenvalue weighted by Crippen LogP contribution is -1.99. The fraction of sp³-hybridized carbons (Fsp3) is 0.217. The molecule has 7 heteroatoms. The van der Waals surface area contributed by atoms with E-state index in [2.05, 4.69) is 27.0 Å². The van der Waals surface area contributed by atoms with Crippen LogP contribution in [0.5, 0.6) is 5.75 Å². The van der Waals surface area contributed by atoms with Gasteiger partial charge in [-0.05, 0) is 61.6 Å². The number of halogens is 3. The van der Waals surface area contributed by atoms with Crippen LogP contribution in [0.2, 0.25) is 10.0 Å². The second-order valence-corrected chi connectivity index (χ2v) is 9.81. The van der Waals surface area contributed by atoms with Gasteiger partial charge in [-0.25, -0.2) is 4.99 Å². The highest BCUT2D eigenvalue weighted by Gasteiger charge is 2.20. The maximum absolute atomic E-state index is 9.64. The SMILES string of the molecule is N#Cc1c(/N=C/c2cc(Br)ccc2OCc2ccc(Cl)cc2Cl)sc2c1CCCC2. The molecule has 1 aromatic heterocycles. The molecule has 4 rings (SSSR count). The first-order chi connectivity index (χ1) is 14.5. The first-order valence-corrected chi connectivity index (χ1v) is 11.9. The second-order valence-electron chi connectivity index (χ2n) is 6.97. The summed E-state index contributed by atoms with van der Waals surface area (Å²) in [7, 11) is 0. The van der Waals surface area contributed by atoms with Crippen molar-refractivity contribution in [2.24, 2.45) is 4.99 Å². The largest absolute Gasteiger partial charge is 0.488 e. The lowest BCUT2D eigenvalue weighted by Gasteiger charge is -2.11. The highest BCUT2D eigenvalue weighted by atomic mass is 79.9. The van der Waals surface area contributed by atoms with Gasteiger partial charge in [-0.1, -0.05) is 45.2 Å². The van der Waals surface area contributed by atoms with Gasteiger partial charge in [-0.2, -0.15) is 5.26 Å². The first kappa shape index (κ1) is 21.4. The van der Waals surface area contributed by atoms with Gasteiger partial charge in [-0.15, -0.1) is 11.3 Å². The van der Waals surface area contributed by atoms with Crippen molar-refractivity contribution in [1.29, 1.82) is 5.26 Å². The third-order valence-electron chi connectivity index (χ3n) is 4.96. The molecule has 0 spiro atoms. The van der Waals surface area contributed by atoms with Crippen LogP contribution in [0.25, 0.3) is 0 Å². The van der Waals surface area contributed by atoms with Crippen molar-refractivity contribution in [2.75, 3.05) is 0 Å². The van der Waals surface area contributed by atoms with Crippen molar-refractivity contribution in [3.63, 3.8) is 0 Å². The van der Waals surface area contributed by atoms with E-state index in [1.54, 1.807) is 29.7 Å². The Labute approximate surface area is 198 Å². The van der Waals surface area contributed by atoms with Gasteiger partial charge in [0, 0.05) is 36.7 Å². The van der Waals surface area contributed by atoms with E-state index in [-0.39, 0.29) is 0 Å². The van der Waals surface area contributed by atoms with Crippen LogP contribution in [0.15, 0.2) is 45.9 Å². The highest BCUT2D eigenvalue weighted by molar-refractivity contribution is 9.10. The molecule has 0 radical (unpaired) electrons. The summed E-state index contributed by atoms with van der Waals surface area (Å²) in [6.45, 7) is 0.315. The molecule has 1 aliphatic rings. The molecule has 0 saturated carbocycles. The van der Waals surface area contributed by atoms with E-state index in [0.29, 0.717) is 22.4 Å². The zero-order chi connectivity index (χ0) is 21.1. The van der Waals surface area contributed by atoms with Gasteiger partial charge >= 0.3 is 0 Å². The summed E-state index contributed by atoms with van der Waals surface area (Å²) in [4.78, 5) is 5.96. The van der Waals surface area contributed by atoms with Crippen LogP contribution in [0.1, 0.15) is 40.0 Å². The molecule has 1 aliphatic carbocycles. The summed E-state index contributed by atoms with van der Waals surface area (Å²) in [5, 5.41) is 11.6. The number of ether oxygens (including phenoxy) is 1. The molecule has 0 saturated heterocycles. The third kappa shape index (κ3) is 4.73. The molecular weight excluding hydrogens is 503 g/mol. The molecule has 0 amide bonds. The molecule has 152 valence electrons. The molecule has 0 unspecified atom stereocenters. The van der Waals surface area contributed by atoms with E-state index >= 15 is 0 Å². The number of thiophene rings is 1. The van der Waals surface area contributed by atoms with Crippen molar-refractivity contribution in [3.05, 3.63) is 78.0 Å². The minimum atomic E-state index is 0.315. The van der Waals surface area contributed by atoms with Gasteiger partial charge in [0.25, 0.3) is 0 Å². The number of benzene rings is 2. The smallest absolute Gasteiger partial charge is 0.134 e. The second kappa shape index (κ2) is 9.53. The quantitative estimate of drug-likeness (QED) is 0.321. The van der Waals surface area contributed by atoms with Gasteiger partial charge in [0.05, 0.1) is 5.56 Å². The van der Waals surface area contributed by atoms with Crippen LogP contribution in [0.4, 0.5) is 5.00 Å². The maximum Gasteiger partial charge on any atom is 0.134 e. The van der Waals surface area contributed by atoms with Crippen LogP contribution >= 0.6 is 50.5 Å². The average molecular weight is 520 g/mol. The van der Waals surface area contributed by atoms with Crippen LogP contribution in [-0.4, -0.2) is 6.21 Å².